The van der Waals surface area contributed by atoms with Crippen molar-refractivity contribution >= 4 is 34.8 Å². The van der Waals surface area contributed by atoms with Gasteiger partial charge < -0.3 is 4.74 Å². The van der Waals surface area contributed by atoms with Crippen molar-refractivity contribution in [3.63, 3.8) is 0 Å². The molecule has 0 saturated heterocycles. The van der Waals surface area contributed by atoms with Crippen LogP contribution in [0.4, 0.5) is 5.69 Å². The van der Waals surface area contributed by atoms with Gasteiger partial charge in [-0.2, -0.15) is 0 Å². The predicted molar refractivity (Wildman–Crippen MR) is 58.0 cm³/mol. The number of hydrogen-bond donors (Lipinski definition) is 0. The van der Waals surface area contributed by atoms with Crippen molar-refractivity contribution in [2.45, 2.75) is 0 Å². The minimum atomic E-state index is 0.296. The summed E-state index contributed by atoms with van der Waals surface area (Å²) in [6.07, 6.45) is 0. The summed E-state index contributed by atoms with van der Waals surface area (Å²) in [4.78, 5) is 0. The van der Waals surface area contributed by atoms with Gasteiger partial charge >= 0.3 is 0 Å². The summed E-state index contributed by atoms with van der Waals surface area (Å²) in [5.74, 6) is 0.839. The lowest BCUT2D eigenvalue weighted by atomic mass is 10.3. The van der Waals surface area contributed by atoms with Crippen molar-refractivity contribution in [2.75, 3.05) is 17.6 Å². The number of halogens is 2. The highest BCUT2D eigenvalue weighted by Gasteiger charge is 2.15. The SMILES string of the molecule is ClCC1=NN(c2ccc(Cl)cc2)CO1. The highest BCUT2D eigenvalue weighted by molar-refractivity contribution is 6.30. The molecular formula is C9H8Cl2N2O. The fraction of sp³-hybridized carbons (Fsp3) is 0.222. The Hall–Kier alpha value is -0.930. The zero-order chi connectivity index (χ0) is 9.97. The average Bonchev–Trinajstić information content (AvgIpc) is 2.67. The average molecular weight is 231 g/mol. The third-order valence-electron chi connectivity index (χ3n) is 1.82. The van der Waals surface area contributed by atoms with E-state index in [2.05, 4.69) is 5.10 Å². The normalized spacial score (nSPS) is 15.3. The van der Waals surface area contributed by atoms with E-state index in [-0.39, 0.29) is 0 Å². The Morgan fingerprint density at radius 1 is 1.36 bits per heavy atom. The third kappa shape index (κ3) is 1.94. The zero-order valence-electron chi connectivity index (χ0n) is 7.28. The molecule has 0 fully saturated rings. The number of nitrogens with zero attached hydrogens (tertiary/aromatic N) is 2. The lowest BCUT2D eigenvalue weighted by Crippen LogP contribution is -2.12. The number of hydrogen-bond acceptors (Lipinski definition) is 3. The van der Waals surface area contributed by atoms with Gasteiger partial charge in [0.05, 0.1) is 5.69 Å². The maximum atomic E-state index is 5.77. The minimum absolute atomic E-state index is 0.296. The van der Waals surface area contributed by atoms with Crippen LogP contribution >= 0.6 is 23.2 Å². The number of benzene rings is 1. The van der Waals surface area contributed by atoms with E-state index in [1.807, 2.05) is 24.3 Å². The first-order valence-electron chi connectivity index (χ1n) is 4.09. The molecule has 0 N–H and O–H groups in total. The van der Waals surface area contributed by atoms with Crippen LogP contribution < -0.4 is 5.01 Å². The summed E-state index contributed by atoms with van der Waals surface area (Å²) in [6, 6.07) is 7.38. The lowest BCUT2D eigenvalue weighted by Gasteiger charge is -2.10. The van der Waals surface area contributed by atoms with Crippen LogP contribution in [0, 0.1) is 0 Å². The van der Waals surface area contributed by atoms with Gasteiger partial charge in [-0.15, -0.1) is 16.7 Å². The second-order valence-corrected chi connectivity index (χ2v) is 3.48. The molecule has 14 heavy (non-hydrogen) atoms. The van der Waals surface area contributed by atoms with Crippen LogP contribution in [0.5, 0.6) is 0 Å². The van der Waals surface area contributed by atoms with Crippen molar-refractivity contribution in [2.24, 2.45) is 5.10 Å². The molecule has 0 saturated carbocycles. The predicted octanol–water partition coefficient (Wildman–Crippen LogP) is 2.69. The maximum Gasteiger partial charge on any atom is 0.223 e. The molecule has 0 aromatic heterocycles. The monoisotopic (exact) mass is 230 g/mol. The van der Waals surface area contributed by atoms with E-state index in [0.717, 1.165) is 5.69 Å². The molecule has 0 radical (unpaired) electrons. The molecule has 1 aromatic carbocycles. The Morgan fingerprint density at radius 3 is 2.64 bits per heavy atom. The van der Waals surface area contributed by atoms with Crippen LogP contribution in [0.15, 0.2) is 29.4 Å². The molecule has 0 bridgehead atoms. The van der Waals surface area contributed by atoms with Crippen LogP contribution in [0.2, 0.25) is 5.02 Å². The van der Waals surface area contributed by atoms with Crippen LogP contribution in [0.25, 0.3) is 0 Å². The first kappa shape index (κ1) is 9.62. The highest BCUT2D eigenvalue weighted by Crippen LogP contribution is 2.20. The van der Waals surface area contributed by atoms with E-state index >= 15 is 0 Å². The van der Waals surface area contributed by atoms with Gasteiger partial charge in [-0.25, -0.2) is 5.01 Å². The van der Waals surface area contributed by atoms with Crippen molar-refractivity contribution in [1.82, 2.24) is 0 Å². The molecule has 0 atom stereocenters. The quantitative estimate of drug-likeness (QED) is 0.731. The van der Waals surface area contributed by atoms with E-state index in [9.17, 15) is 0 Å². The van der Waals surface area contributed by atoms with Crippen LogP contribution in [-0.2, 0) is 4.74 Å². The van der Waals surface area contributed by atoms with Gasteiger partial charge in [0.2, 0.25) is 5.90 Å². The summed E-state index contributed by atoms with van der Waals surface area (Å²) < 4.78 is 5.21. The third-order valence-corrected chi connectivity index (χ3v) is 2.31. The zero-order valence-corrected chi connectivity index (χ0v) is 8.79. The second kappa shape index (κ2) is 4.07. The summed E-state index contributed by atoms with van der Waals surface area (Å²) in [6.45, 7) is 0.406. The lowest BCUT2D eigenvalue weighted by molar-refractivity contribution is 0.335. The number of ether oxygens (including phenoxy) is 1. The molecule has 1 aromatic rings. The van der Waals surface area contributed by atoms with Gasteiger partial charge in [-0.1, -0.05) is 11.6 Å². The van der Waals surface area contributed by atoms with Gasteiger partial charge in [0.15, 0.2) is 6.73 Å². The van der Waals surface area contributed by atoms with E-state index in [0.29, 0.717) is 23.5 Å². The van der Waals surface area contributed by atoms with E-state index in [1.54, 1.807) is 5.01 Å². The maximum absolute atomic E-state index is 5.77. The highest BCUT2D eigenvalue weighted by atomic mass is 35.5. The van der Waals surface area contributed by atoms with Crippen LogP contribution in [0.1, 0.15) is 0 Å². The van der Waals surface area contributed by atoms with Gasteiger partial charge in [-0.05, 0) is 24.3 Å². The second-order valence-electron chi connectivity index (χ2n) is 2.78. The Labute approximate surface area is 91.9 Å². The molecule has 5 heteroatoms. The summed E-state index contributed by atoms with van der Waals surface area (Å²) in [5, 5.41) is 6.59. The number of rotatable bonds is 2. The van der Waals surface area contributed by atoms with Crippen LogP contribution in [0.3, 0.4) is 0 Å². The fourth-order valence-electron chi connectivity index (χ4n) is 1.14. The standard InChI is InChI=1S/C9H8Cl2N2O/c10-5-9-12-13(6-14-9)8-3-1-7(11)2-4-8/h1-4H,5-6H2. The Kier molecular flexibility index (Phi) is 2.79. The van der Waals surface area contributed by atoms with Gasteiger partial charge in [-0.3, -0.25) is 0 Å². The largest absolute Gasteiger partial charge is 0.456 e. The summed E-state index contributed by atoms with van der Waals surface area (Å²) in [5.41, 5.74) is 0.939. The van der Waals surface area contributed by atoms with Crippen molar-refractivity contribution in [3.05, 3.63) is 29.3 Å². The molecule has 74 valence electrons. The first-order chi connectivity index (χ1) is 6.79. The van der Waals surface area contributed by atoms with Gasteiger partial charge in [0, 0.05) is 5.02 Å². The Balaban J connectivity index is 2.17. The Bertz CT molecular complexity index is 350. The van der Waals surface area contributed by atoms with E-state index in [4.69, 9.17) is 27.9 Å². The molecule has 0 unspecified atom stereocenters. The van der Waals surface area contributed by atoms with Crippen molar-refractivity contribution in [3.8, 4) is 0 Å². The smallest absolute Gasteiger partial charge is 0.223 e. The number of hydrazone groups is 1. The molecule has 0 aliphatic carbocycles. The van der Waals surface area contributed by atoms with Gasteiger partial charge in [0.1, 0.15) is 5.88 Å². The van der Waals surface area contributed by atoms with E-state index in [1.165, 1.54) is 0 Å². The van der Waals surface area contributed by atoms with Crippen molar-refractivity contribution < 1.29 is 4.74 Å². The topological polar surface area (TPSA) is 24.8 Å². The fourth-order valence-corrected chi connectivity index (χ4v) is 1.40. The molecule has 2 rings (SSSR count). The molecular weight excluding hydrogens is 223 g/mol. The summed E-state index contributed by atoms with van der Waals surface area (Å²) >= 11 is 11.3. The number of anilines is 1. The molecule has 0 amide bonds. The van der Waals surface area contributed by atoms with Gasteiger partial charge in [0.25, 0.3) is 0 Å². The molecule has 3 nitrogen and oxygen atoms in total. The van der Waals surface area contributed by atoms with E-state index < -0.39 is 0 Å². The molecule has 1 aliphatic rings. The first-order valence-corrected chi connectivity index (χ1v) is 5.00. The van der Waals surface area contributed by atoms with Crippen LogP contribution in [-0.4, -0.2) is 18.5 Å². The van der Waals surface area contributed by atoms with Crippen molar-refractivity contribution in [1.29, 1.82) is 0 Å². The summed E-state index contributed by atoms with van der Waals surface area (Å²) in [7, 11) is 0. The molecule has 0 spiro atoms. The number of alkyl halides is 1. The minimum Gasteiger partial charge on any atom is -0.456 e. The molecule has 1 aliphatic heterocycles. The molecule has 1 heterocycles. The Morgan fingerprint density at radius 2 is 2.07 bits per heavy atom.